The summed E-state index contributed by atoms with van der Waals surface area (Å²) in [7, 11) is 0. The molecule has 0 amide bonds. The molecule has 3 nitrogen and oxygen atoms in total. The molecule has 23 heavy (non-hydrogen) atoms. The van der Waals surface area contributed by atoms with Crippen LogP contribution < -0.4 is 10.6 Å². The van der Waals surface area contributed by atoms with Crippen LogP contribution in [0.15, 0.2) is 18.2 Å². The van der Waals surface area contributed by atoms with Crippen molar-refractivity contribution in [2.75, 3.05) is 26.3 Å². The van der Waals surface area contributed by atoms with Gasteiger partial charge in [-0.15, -0.1) is 12.4 Å². The molecule has 1 aromatic carbocycles. The highest BCUT2D eigenvalue weighted by atomic mass is 35.5. The van der Waals surface area contributed by atoms with Crippen molar-refractivity contribution in [1.29, 1.82) is 0 Å². The van der Waals surface area contributed by atoms with Crippen molar-refractivity contribution in [2.24, 2.45) is 5.92 Å². The van der Waals surface area contributed by atoms with Gasteiger partial charge in [-0.2, -0.15) is 0 Å². The van der Waals surface area contributed by atoms with E-state index in [4.69, 9.17) is 27.9 Å². The Bertz CT molecular complexity index is 495. The van der Waals surface area contributed by atoms with Crippen LogP contribution in [0.5, 0.6) is 0 Å². The Morgan fingerprint density at radius 3 is 2.87 bits per heavy atom. The molecule has 2 fully saturated rings. The van der Waals surface area contributed by atoms with Gasteiger partial charge in [0, 0.05) is 28.7 Å². The maximum atomic E-state index is 6.24. The van der Waals surface area contributed by atoms with Gasteiger partial charge < -0.3 is 15.4 Å². The molecule has 6 heteroatoms. The number of nitrogens with one attached hydrogen (secondary N) is 2. The van der Waals surface area contributed by atoms with Crippen LogP contribution in [0.4, 0.5) is 0 Å². The molecule has 1 aliphatic carbocycles. The maximum absolute atomic E-state index is 6.24. The number of hydrogen-bond donors (Lipinski definition) is 2. The summed E-state index contributed by atoms with van der Waals surface area (Å²) in [6.45, 7) is 3.63. The van der Waals surface area contributed by atoms with Gasteiger partial charge in [0.25, 0.3) is 0 Å². The van der Waals surface area contributed by atoms with E-state index in [0.29, 0.717) is 23.0 Å². The fourth-order valence-corrected chi connectivity index (χ4v) is 4.20. The Morgan fingerprint density at radius 1 is 1.26 bits per heavy atom. The van der Waals surface area contributed by atoms with Gasteiger partial charge in [-0.3, -0.25) is 0 Å². The Balaban J connectivity index is 0.00000192. The van der Waals surface area contributed by atoms with E-state index in [9.17, 15) is 0 Å². The number of hydrogen-bond acceptors (Lipinski definition) is 3. The molecule has 1 aliphatic heterocycles. The monoisotopic (exact) mass is 378 g/mol. The summed E-state index contributed by atoms with van der Waals surface area (Å²) in [5.41, 5.74) is 1.16. The highest BCUT2D eigenvalue weighted by Gasteiger charge is 2.34. The zero-order valence-electron chi connectivity index (χ0n) is 13.2. The van der Waals surface area contributed by atoms with Gasteiger partial charge >= 0.3 is 0 Å². The Labute approximate surface area is 154 Å². The van der Waals surface area contributed by atoms with Crippen LogP contribution in [0.2, 0.25) is 10.0 Å². The summed E-state index contributed by atoms with van der Waals surface area (Å²) < 4.78 is 5.62. The van der Waals surface area contributed by atoms with Gasteiger partial charge in [-0.05, 0) is 49.4 Å². The third kappa shape index (κ3) is 5.22. The molecule has 1 saturated heterocycles. The Kier molecular flexibility index (Phi) is 7.93. The van der Waals surface area contributed by atoms with Gasteiger partial charge in [0.2, 0.25) is 0 Å². The molecular formula is C17H25Cl3N2O. The molecule has 1 heterocycles. The third-order valence-electron chi connectivity index (χ3n) is 4.85. The number of rotatable bonds is 5. The van der Waals surface area contributed by atoms with Gasteiger partial charge in [-0.25, -0.2) is 0 Å². The minimum absolute atomic E-state index is 0. The lowest BCUT2D eigenvalue weighted by Gasteiger charge is -2.33. The number of benzene rings is 1. The molecular weight excluding hydrogens is 355 g/mol. The first-order valence-corrected chi connectivity index (χ1v) is 8.98. The van der Waals surface area contributed by atoms with E-state index in [0.717, 1.165) is 43.3 Å². The lowest BCUT2D eigenvalue weighted by molar-refractivity contribution is 0.0526. The Morgan fingerprint density at radius 2 is 2.13 bits per heavy atom. The number of morpholine rings is 1. The summed E-state index contributed by atoms with van der Waals surface area (Å²) in [4.78, 5) is 0. The fraction of sp³-hybridized carbons (Fsp3) is 0.647. The van der Waals surface area contributed by atoms with Gasteiger partial charge in [0.15, 0.2) is 0 Å². The largest absolute Gasteiger partial charge is 0.379 e. The first-order chi connectivity index (χ1) is 10.7. The average molecular weight is 380 g/mol. The van der Waals surface area contributed by atoms with Crippen LogP contribution in [0.3, 0.4) is 0 Å². The maximum Gasteiger partial charge on any atom is 0.0623 e. The van der Waals surface area contributed by atoms with Crippen molar-refractivity contribution in [3.63, 3.8) is 0 Å². The third-order valence-corrected chi connectivity index (χ3v) is 5.44. The second-order valence-electron chi connectivity index (χ2n) is 6.28. The van der Waals surface area contributed by atoms with Crippen molar-refractivity contribution in [3.8, 4) is 0 Å². The van der Waals surface area contributed by atoms with E-state index in [1.54, 1.807) is 0 Å². The van der Waals surface area contributed by atoms with Crippen LogP contribution in [0.1, 0.15) is 24.8 Å². The van der Waals surface area contributed by atoms with Crippen molar-refractivity contribution >= 4 is 35.6 Å². The zero-order valence-corrected chi connectivity index (χ0v) is 15.5. The molecule has 2 aliphatic rings. The van der Waals surface area contributed by atoms with Crippen LogP contribution in [0.25, 0.3) is 0 Å². The molecule has 1 aromatic rings. The zero-order chi connectivity index (χ0) is 15.4. The van der Waals surface area contributed by atoms with Gasteiger partial charge in [-0.1, -0.05) is 35.7 Å². The average Bonchev–Trinajstić information content (AvgIpc) is 2.99. The van der Waals surface area contributed by atoms with Crippen LogP contribution in [-0.4, -0.2) is 38.4 Å². The molecule has 3 unspecified atom stereocenters. The SMILES string of the molecule is Cl.Clc1ccc(CCNC2CCCC2C2COCCN2)c(Cl)c1. The predicted molar refractivity (Wildman–Crippen MR) is 99.2 cm³/mol. The second kappa shape index (κ2) is 9.45. The molecule has 3 atom stereocenters. The quantitative estimate of drug-likeness (QED) is 0.818. The summed E-state index contributed by atoms with van der Waals surface area (Å²) in [5, 5.41) is 8.80. The topological polar surface area (TPSA) is 33.3 Å². The minimum Gasteiger partial charge on any atom is -0.379 e. The molecule has 3 rings (SSSR count). The first-order valence-electron chi connectivity index (χ1n) is 8.22. The van der Waals surface area contributed by atoms with Gasteiger partial charge in [0.1, 0.15) is 0 Å². The molecule has 130 valence electrons. The van der Waals surface area contributed by atoms with E-state index in [1.165, 1.54) is 19.3 Å². The lowest BCUT2D eigenvalue weighted by atomic mass is 9.94. The highest BCUT2D eigenvalue weighted by Crippen LogP contribution is 2.29. The minimum atomic E-state index is 0. The first kappa shape index (κ1) is 19.3. The summed E-state index contributed by atoms with van der Waals surface area (Å²) in [5.74, 6) is 0.681. The molecule has 1 saturated carbocycles. The van der Waals surface area contributed by atoms with Crippen molar-refractivity contribution in [1.82, 2.24) is 10.6 Å². The van der Waals surface area contributed by atoms with Crippen molar-refractivity contribution < 1.29 is 4.74 Å². The smallest absolute Gasteiger partial charge is 0.0623 e. The molecule has 0 bridgehead atoms. The highest BCUT2D eigenvalue weighted by molar-refractivity contribution is 6.35. The van der Waals surface area contributed by atoms with Gasteiger partial charge in [0.05, 0.1) is 13.2 Å². The van der Waals surface area contributed by atoms with E-state index in [-0.39, 0.29) is 12.4 Å². The van der Waals surface area contributed by atoms with Crippen LogP contribution >= 0.6 is 35.6 Å². The van der Waals surface area contributed by atoms with Crippen molar-refractivity contribution in [2.45, 2.75) is 37.8 Å². The van der Waals surface area contributed by atoms with Crippen LogP contribution in [0, 0.1) is 5.92 Å². The summed E-state index contributed by atoms with van der Waals surface area (Å²) in [6, 6.07) is 6.85. The number of halogens is 3. The fourth-order valence-electron chi connectivity index (χ4n) is 3.70. The molecule has 0 aromatic heterocycles. The lowest BCUT2D eigenvalue weighted by Crippen LogP contribution is -2.51. The number of ether oxygens (including phenoxy) is 1. The van der Waals surface area contributed by atoms with E-state index < -0.39 is 0 Å². The van der Waals surface area contributed by atoms with Crippen LogP contribution in [-0.2, 0) is 11.2 Å². The molecule has 2 N–H and O–H groups in total. The summed E-state index contributed by atoms with van der Waals surface area (Å²) >= 11 is 12.2. The molecule has 0 spiro atoms. The normalized spacial score (nSPS) is 27.7. The second-order valence-corrected chi connectivity index (χ2v) is 7.12. The van der Waals surface area contributed by atoms with E-state index >= 15 is 0 Å². The Hall–Kier alpha value is -0.0300. The van der Waals surface area contributed by atoms with E-state index in [1.807, 2.05) is 18.2 Å². The van der Waals surface area contributed by atoms with Crippen molar-refractivity contribution in [3.05, 3.63) is 33.8 Å². The predicted octanol–water partition coefficient (Wildman–Crippen LogP) is 3.70. The summed E-state index contributed by atoms with van der Waals surface area (Å²) in [6.07, 6.45) is 4.80. The standard InChI is InChI=1S/C17H24Cl2N2O.ClH/c18-13-5-4-12(15(19)10-13)6-7-20-16-3-1-2-14(16)17-11-22-9-8-21-17;/h4-5,10,14,16-17,20-21H,1-3,6-9,11H2;1H. The van der Waals surface area contributed by atoms with E-state index in [2.05, 4.69) is 10.6 Å². The molecule has 0 radical (unpaired) electrons.